The molecule has 3 aromatic rings. The van der Waals surface area contributed by atoms with Crippen LogP contribution in [0, 0.1) is 11.6 Å². The standard InChI is InChI=1S/C28H30F2N2O/c1-3-32(4-2)18-19-5-6-23-16-25(13-11-22(23)15-19)31-28(33)21-9-7-20(8-10-21)26-14-12-24(29)17-27(26)30/h5-10,12,14-15,17,25H,3-4,11,13,16,18H2,1-2H3,(H,31,33). The van der Waals surface area contributed by atoms with E-state index in [9.17, 15) is 13.6 Å². The van der Waals surface area contributed by atoms with Gasteiger partial charge in [-0.15, -0.1) is 0 Å². The van der Waals surface area contributed by atoms with Crippen LogP contribution in [0.2, 0.25) is 0 Å². The second-order valence-electron chi connectivity index (χ2n) is 8.68. The molecule has 0 aliphatic heterocycles. The molecule has 1 N–H and O–H groups in total. The van der Waals surface area contributed by atoms with Crippen molar-refractivity contribution in [3.05, 3.63) is 94.6 Å². The molecule has 0 saturated heterocycles. The van der Waals surface area contributed by atoms with Gasteiger partial charge in [0.05, 0.1) is 0 Å². The summed E-state index contributed by atoms with van der Waals surface area (Å²) in [6.07, 6.45) is 2.69. The van der Waals surface area contributed by atoms with E-state index in [1.807, 2.05) is 0 Å². The zero-order valence-electron chi connectivity index (χ0n) is 19.2. The predicted molar refractivity (Wildman–Crippen MR) is 128 cm³/mol. The van der Waals surface area contributed by atoms with Crippen LogP contribution in [0.4, 0.5) is 8.78 Å². The molecular formula is C28H30F2N2O. The number of carbonyl (C=O) groups excluding carboxylic acids is 1. The number of hydrogen-bond donors (Lipinski definition) is 1. The van der Waals surface area contributed by atoms with Crippen LogP contribution in [-0.2, 0) is 19.4 Å². The molecule has 0 heterocycles. The van der Waals surface area contributed by atoms with Crippen LogP contribution in [0.5, 0.6) is 0 Å². The van der Waals surface area contributed by atoms with Gasteiger partial charge < -0.3 is 5.32 Å². The highest BCUT2D eigenvalue weighted by Crippen LogP contribution is 2.25. The van der Waals surface area contributed by atoms with E-state index in [0.29, 0.717) is 16.7 Å². The third kappa shape index (κ3) is 5.48. The second kappa shape index (κ2) is 10.3. The van der Waals surface area contributed by atoms with E-state index < -0.39 is 11.6 Å². The number of nitrogens with one attached hydrogen (secondary N) is 1. The molecule has 3 nitrogen and oxygen atoms in total. The van der Waals surface area contributed by atoms with Gasteiger partial charge in [-0.3, -0.25) is 9.69 Å². The quantitative estimate of drug-likeness (QED) is 0.498. The number of benzene rings is 3. The van der Waals surface area contributed by atoms with Crippen LogP contribution in [0.3, 0.4) is 0 Å². The average Bonchev–Trinajstić information content (AvgIpc) is 2.82. The maximum absolute atomic E-state index is 14.0. The normalized spacial score (nSPS) is 15.4. The van der Waals surface area contributed by atoms with Crippen LogP contribution >= 0.6 is 0 Å². The number of carbonyl (C=O) groups is 1. The maximum Gasteiger partial charge on any atom is 0.251 e. The third-order valence-corrected chi connectivity index (χ3v) is 6.52. The van der Waals surface area contributed by atoms with Crippen LogP contribution < -0.4 is 5.32 Å². The summed E-state index contributed by atoms with van der Waals surface area (Å²) in [7, 11) is 0. The predicted octanol–water partition coefficient (Wildman–Crippen LogP) is 5.76. The van der Waals surface area contributed by atoms with Gasteiger partial charge in [-0.1, -0.05) is 44.2 Å². The number of amides is 1. The van der Waals surface area contributed by atoms with E-state index in [1.54, 1.807) is 24.3 Å². The van der Waals surface area contributed by atoms with E-state index in [4.69, 9.17) is 0 Å². The first-order valence-corrected chi connectivity index (χ1v) is 11.7. The molecule has 1 aliphatic carbocycles. The zero-order valence-corrected chi connectivity index (χ0v) is 19.2. The summed E-state index contributed by atoms with van der Waals surface area (Å²) in [5, 5.41) is 3.15. The van der Waals surface area contributed by atoms with Crippen molar-refractivity contribution in [1.29, 1.82) is 0 Å². The Bertz CT molecular complexity index is 1120. The first-order valence-electron chi connectivity index (χ1n) is 11.7. The third-order valence-electron chi connectivity index (χ3n) is 6.52. The Kier molecular flexibility index (Phi) is 7.19. The summed E-state index contributed by atoms with van der Waals surface area (Å²) in [6, 6.07) is 17.1. The highest BCUT2D eigenvalue weighted by atomic mass is 19.1. The largest absolute Gasteiger partial charge is 0.349 e. The molecular weight excluding hydrogens is 418 g/mol. The van der Waals surface area contributed by atoms with Crippen LogP contribution in [-0.4, -0.2) is 29.9 Å². The van der Waals surface area contributed by atoms with Crippen molar-refractivity contribution in [3.63, 3.8) is 0 Å². The molecule has 33 heavy (non-hydrogen) atoms. The molecule has 0 radical (unpaired) electrons. The second-order valence-corrected chi connectivity index (χ2v) is 8.68. The van der Waals surface area contributed by atoms with E-state index in [0.717, 1.165) is 45.0 Å². The fourth-order valence-corrected chi connectivity index (χ4v) is 4.53. The van der Waals surface area contributed by atoms with Gasteiger partial charge in [-0.2, -0.15) is 0 Å². The number of rotatable bonds is 7. The van der Waals surface area contributed by atoms with Gasteiger partial charge in [0.15, 0.2) is 0 Å². The Hall–Kier alpha value is -3.05. The molecule has 172 valence electrons. The van der Waals surface area contributed by atoms with E-state index in [-0.39, 0.29) is 11.9 Å². The van der Waals surface area contributed by atoms with Gasteiger partial charge >= 0.3 is 0 Å². The van der Waals surface area contributed by atoms with Crippen molar-refractivity contribution < 1.29 is 13.6 Å². The van der Waals surface area contributed by atoms with Gasteiger partial charge in [-0.25, -0.2) is 8.78 Å². The van der Waals surface area contributed by atoms with Crippen molar-refractivity contribution in [3.8, 4) is 11.1 Å². The fourth-order valence-electron chi connectivity index (χ4n) is 4.53. The Morgan fingerprint density at radius 1 is 0.970 bits per heavy atom. The van der Waals surface area contributed by atoms with Crippen LogP contribution in [0.25, 0.3) is 11.1 Å². The smallest absolute Gasteiger partial charge is 0.251 e. The summed E-state index contributed by atoms with van der Waals surface area (Å²) in [5.41, 5.74) is 5.48. The number of nitrogens with zero attached hydrogens (tertiary/aromatic N) is 1. The molecule has 1 unspecified atom stereocenters. The van der Waals surface area contributed by atoms with Crippen molar-refractivity contribution in [1.82, 2.24) is 10.2 Å². The molecule has 1 atom stereocenters. The Morgan fingerprint density at radius 2 is 1.73 bits per heavy atom. The molecule has 1 aliphatic rings. The van der Waals surface area contributed by atoms with Crippen molar-refractivity contribution >= 4 is 5.91 Å². The molecule has 3 aromatic carbocycles. The maximum atomic E-state index is 14.0. The minimum absolute atomic E-state index is 0.0906. The van der Waals surface area contributed by atoms with Gasteiger partial charge in [0.25, 0.3) is 5.91 Å². The summed E-state index contributed by atoms with van der Waals surface area (Å²) in [4.78, 5) is 15.2. The fraction of sp³-hybridized carbons (Fsp3) is 0.321. The van der Waals surface area contributed by atoms with Gasteiger partial charge in [0.1, 0.15) is 11.6 Å². The summed E-state index contributed by atoms with van der Waals surface area (Å²) < 4.78 is 27.2. The molecule has 0 fully saturated rings. The van der Waals surface area contributed by atoms with Crippen LogP contribution in [0.15, 0.2) is 60.7 Å². The highest BCUT2D eigenvalue weighted by molar-refractivity contribution is 5.95. The van der Waals surface area contributed by atoms with E-state index in [2.05, 4.69) is 42.3 Å². The lowest BCUT2D eigenvalue weighted by atomic mass is 9.87. The Labute approximate surface area is 194 Å². The van der Waals surface area contributed by atoms with E-state index in [1.165, 1.54) is 28.8 Å². The average molecular weight is 449 g/mol. The number of aryl methyl sites for hydroxylation is 1. The van der Waals surface area contributed by atoms with Crippen molar-refractivity contribution in [2.24, 2.45) is 0 Å². The Balaban J connectivity index is 1.38. The monoisotopic (exact) mass is 448 g/mol. The molecule has 0 spiro atoms. The lowest BCUT2D eigenvalue weighted by Gasteiger charge is -2.27. The minimum Gasteiger partial charge on any atom is -0.349 e. The number of fused-ring (bicyclic) bond motifs is 1. The molecule has 0 aromatic heterocycles. The Morgan fingerprint density at radius 3 is 2.42 bits per heavy atom. The molecule has 5 heteroatoms. The van der Waals surface area contributed by atoms with Crippen molar-refractivity contribution in [2.75, 3.05) is 13.1 Å². The number of halogens is 2. The number of hydrogen-bond acceptors (Lipinski definition) is 2. The van der Waals surface area contributed by atoms with Crippen molar-refractivity contribution in [2.45, 2.75) is 45.7 Å². The van der Waals surface area contributed by atoms with Gasteiger partial charge in [-0.05, 0) is 78.9 Å². The van der Waals surface area contributed by atoms with Gasteiger partial charge in [0, 0.05) is 29.8 Å². The van der Waals surface area contributed by atoms with Gasteiger partial charge in [0.2, 0.25) is 0 Å². The first-order chi connectivity index (χ1) is 16.0. The topological polar surface area (TPSA) is 32.3 Å². The summed E-state index contributed by atoms with van der Waals surface area (Å²) >= 11 is 0. The minimum atomic E-state index is -0.617. The SMILES string of the molecule is CCN(CC)Cc1ccc2c(c1)CCC(NC(=O)c1ccc(-c3ccc(F)cc3F)cc1)C2. The molecule has 0 bridgehead atoms. The lowest BCUT2D eigenvalue weighted by Crippen LogP contribution is -2.38. The summed E-state index contributed by atoms with van der Waals surface area (Å²) in [5.74, 6) is -1.36. The zero-order chi connectivity index (χ0) is 23.4. The summed E-state index contributed by atoms with van der Waals surface area (Å²) in [6.45, 7) is 7.43. The lowest BCUT2D eigenvalue weighted by molar-refractivity contribution is 0.0933. The molecule has 1 amide bonds. The van der Waals surface area contributed by atoms with E-state index >= 15 is 0 Å². The van der Waals surface area contributed by atoms with Crippen LogP contribution in [0.1, 0.15) is 47.3 Å². The first kappa shape index (κ1) is 23.1. The highest BCUT2D eigenvalue weighted by Gasteiger charge is 2.21. The molecule has 0 saturated carbocycles. The molecule has 4 rings (SSSR count).